The number of hydrogen-bond acceptors (Lipinski definition) is 5. The summed E-state index contributed by atoms with van der Waals surface area (Å²) in [6, 6.07) is 14.9. The van der Waals surface area contributed by atoms with Crippen LogP contribution in [0.15, 0.2) is 47.3 Å². The zero-order chi connectivity index (χ0) is 23.4. The van der Waals surface area contributed by atoms with Crippen molar-refractivity contribution in [1.29, 1.82) is 0 Å². The van der Waals surface area contributed by atoms with Gasteiger partial charge in [-0.15, -0.1) is 5.10 Å². The zero-order valence-corrected chi connectivity index (χ0v) is 20.0. The summed E-state index contributed by atoms with van der Waals surface area (Å²) in [7, 11) is 0. The number of nitrogens with one attached hydrogen (secondary N) is 1. The number of fused-ring (bicyclic) bond motifs is 2. The van der Waals surface area contributed by atoms with Gasteiger partial charge in [-0.3, -0.25) is 4.79 Å². The van der Waals surface area contributed by atoms with E-state index in [2.05, 4.69) is 81.7 Å². The molecule has 2 aliphatic rings. The first-order valence-electron chi connectivity index (χ1n) is 12.3. The van der Waals surface area contributed by atoms with E-state index in [-0.39, 0.29) is 23.7 Å². The molecule has 1 N–H and O–H groups in total. The highest BCUT2D eigenvalue weighted by Gasteiger charge is 2.39. The number of hydrogen-bond donors (Lipinski definition) is 1. The van der Waals surface area contributed by atoms with Gasteiger partial charge in [0.25, 0.3) is 5.56 Å². The average Bonchev–Trinajstić information content (AvgIpc) is 3.55. The Kier molecular flexibility index (Phi) is 5.01. The standard InChI is InChI=1S/C27H30N6O/c1-16-12-17(2)24-20(13-16)15-22(27(34)28-24)25(26-29-30-31-33(26)21-9-5-6-10-21)32-18(3)14-19-8-4-7-11-23(19)32/h4,7-8,11-13,15,18,21,25H,5-6,9-10,14H2,1-3H3,(H,28,34)/t18-,25-/m0/s1. The van der Waals surface area contributed by atoms with Crippen molar-refractivity contribution in [2.75, 3.05) is 4.90 Å². The van der Waals surface area contributed by atoms with Gasteiger partial charge in [-0.25, -0.2) is 4.68 Å². The Balaban J connectivity index is 1.60. The number of benzene rings is 2. The van der Waals surface area contributed by atoms with Crippen molar-refractivity contribution in [2.45, 2.75) is 71.0 Å². The van der Waals surface area contributed by atoms with Gasteiger partial charge >= 0.3 is 0 Å². The molecular weight excluding hydrogens is 424 g/mol. The molecular formula is C27H30N6O. The molecule has 34 heavy (non-hydrogen) atoms. The van der Waals surface area contributed by atoms with Crippen LogP contribution >= 0.6 is 0 Å². The van der Waals surface area contributed by atoms with Gasteiger partial charge in [0.2, 0.25) is 0 Å². The highest BCUT2D eigenvalue weighted by molar-refractivity contribution is 5.83. The Hall–Kier alpha value is -3.48. The number of H-pyrrole nitrogens is 1. The van der Waals surface area contributed by atoms with Crippen LogP contribution in [0.3, 0.4) is 0 Å². The van der Waals surface area contributed by atoms with Crippen LogP contribution in [0.4, 0.5) is 5.69 Å². The van der Waals surface area contributed by atoms with Gasteiger partial charge in [0, 0.05) is 17.3 Å². The highest BCUT2D eigenvalue weighted by Crippen LogP contribution is 2.42. The number of nitrogens with zero attached hydrogens (tertiary/aromatic N) is 5. The number of anilines is 1. The maximum absolute atomic E-state index is 13.7. The molecule has 0 saturated heterocycles. The van der Waals surface area contributed by atoms with Crippen molar-refractivity contribution in [1.82, 2.24) is 25.2 Å². The third-order valence-electron chi connectivity index (χ3n) is 7.59. The molecule has 0 spiro atoms. The minimum absolute atomic E-state index is 0.0815. The Labute approximate surface area is 198 Å². The Morgan fingerprint density at radius 1 is 1.09 bits per heavy atom. The van der Waals surface area contributed by atoms with Crippen LogP contribution in [0.1, 0.15) is 72.8 Å². The SMILES string of the molecule is Cc1cc(C)c2[nH]c(=O)c([C@@H](c3nnnn3C3CCCC3)N3c4ccccc4C[C@@H]3C)cc2c1. The first kappa shape index (κ1) is 21.1. The van der Waals surface area contributed by atoms with Crippen molar-refractivity contribution in [3.05, 3.63) is 80.9 Å². The van der Waals surface area contributed by atoms with Crippen molar-refractivity contribution in [3.63, 3.8) is 0 Å². The molecule has 0 amide bonds. The predicted octanol–water partition coefficient (Wildman–Crippen LogP) is 4.79. The molecule has 174 valence electrons. The largest absolute Gasteiger partial charge is 0.354 e. The minimum atomic E-state index is -0.372. The van der Waals surface area contributed by atoms with Gasteiger partial charge in [-0.2, -0.15) is 0 Å². The molecule has 1 aliphatic carbocycles. The first-order chi connectivity index (χ1) is 16.5. The zero-order valence-electron chi connectivity index (χ0n) is 20.0. The van der Waals surface area contributed by atoms with Crippen LogP contribution < -0.4 is 10.5 Å². The van der Waals surface area contributed by atoms with Gasteiger partial charge in [-0.05, 0) is 85.2 Å². The number of tetrazole rings is 1. The third-order valence-corrected chi connectivity index (χ3v) is 7.59. The molecule has 0 unspecified atom stereocenters. The van der Waals surface area contributed by atoms with Crippen LogP contribution in [0.2, 0.25) is 0 Å². The smallest absolute Gasteiger partial charge is 0.254 e. The van der Waals surface area contributed by atoms with Crippen molar-refractivity contribution < 1.29 is 0 Å². The van der Waals surface area contributed by atoms with Crippen LogP contribution in [0.5, 0.6) is 0 Å². The lowest BCUT2D eigenvalue weighted by molar-refractivity contribution is 0.423. The minimum Gasteiger partial charge on any atom is -0.354 e. The van der Waals surface area contributed by atoms with Crippen molar-refractivity contribution >= 4 is 16.6 Å². The van der Waals surface area contributed by atoms with E-state index in [1.165, 1.54) is 24.0 Å². The molecule has 1 fully saturated rings. The topological polar surface area (TPSA) is 79.7 Å². The molecule has 1 aliphatic heterocycles. The van der Waals surface area contributed by atoms with Crippen LogP contribution in [-0.4, -0.2) is 31.2 Å². The lowest BCUT2D eigenvalue weighted by atomic mass is 9.99. The molecule has 1 saturated carbocycles. The highest BCUT2D eigenvalue weighted by atomic mass is 16.1. The lowest BCUT2D eigenvalue weighted by Gasteiger charge is -2.34. The molecule has 2 aromatic heterocycles. The molecule has 0 radical (unpaired) electrons. The molecule has 4 aromatic rings. The number of aryl methyl sites for hydroxylation is 2. The van der Waals surface area contributed by atoms with E-state index >= 15 is 0 Å². The van der Waals surface area contributed by atoms with Gasteiger partial charge in [0.05, 0.1) is 11.6 Å². The monoisotopic (exact) mass is 454 g/mol. The van der Waals surface area contributed by atoms with E-state index in [1.54, 1.807) is 0 Å². The first-order valence-corrected chi connectivity index (χ1v) is 12.3. The van der Waals surface area contributed by atoms with E-state index in [9.17, 15) is 4.79 Å². The fraction of sp³-hybridized carbons (Fsp3) is 0.407. The number of para-hydroxylation sites is 1. The second-order valence-corrected chi connectivity index (χ2v) is 10.0. The number of pyridine rings is 1. The molecule has 2 atom stereocenters. The van der Waals surface area contributed by atoms with E-state index in [1.807, 2.05) is 11.6 Å². The van der Waals surface area contributed by atoms with E-state index in [0.29, 0.717) is 5.56 Å². The molecule has 7 nitrogen and oxygen atoms in total. The summed E-state index contributed by atoms with van der Waals surface area (Å²) < 4.78 is 2.00. The normalized spacial score (nSPS) is 19.1. The third kappa shape index (κ3) is 3.33. The van der Waals surface area contributed by atoms with Gasteiger partial charge in [0.15, 0.2) is 5.82 Å². The molecule has 6 rings (SSSR count). The summed E-state index contributed by atoms with van der Waals surface area (Å²) in [6.45, 7) is 6.36. The summed E-state index contributed by atoms with van der Waals surface area (Å²) in [5.74, 6) is 0.754. The maximum Gasteiger partial charge on any atom is 0.254 e. The van der Waals surface area contributed by atoms with Crippen molar-refractivity contribution in [3.8, 4) is 0 Å². The van der Waals surface area contributed by atoms with E-state index < -0.39 is 0 Å². The quantitative estimate of drug-likeness (QED) is 0.480. The van der Waals surface area contributed by atoms with E-state index in [0.717, 1.165) is 47.2 Å². The van der Waals surface area contributed by atoms with E-state index in [4.69, 9.17) is 0 Å². The van der Waals surface area contributed by atoms with Crippen LogP contribution in [0, 0.1) is 13.8 Å². The van der Waals surface area contributed by atoms with Gasteiger partial charge in [-0.1, -0.05) is 42.7 Å². The average molecular weight is 455 g/mol. The summed E-state index contributed by atoms with van der Waals surface area (Å²) in [6.07, 6.45) is 5.45. The predicted molar refractivity (Wildman–Crippen MR) is 133 cm³/mol. The molecule has 7 heteroatoms. The van der Waals surface area contributed by atoms with Crippen LogP contribution in [0.25, 0.3) is 10.9 Å². The number of aromatic nitrogens is 5. The maximum atomic E-state index is 13.7. The second kappa shape index (κ2) is 8.08. The fourth-order valence-electron chi connectivity index (χ4n) is 6.09. The Morgan fingerprint density at radius 3 is 2.71 bits per heavy atom. The number of rotatable bonds is 4. The molecule has 0 bridgehead atoms. The Morgan fingerprint density at radius 2 is 1.88 bits per heavy atom. The molecule has 3 heterocycles. The van der Waals surface area contributed by atoms with Crippen LogP contribution in [-0.2, 0) is 6.42 Å². The number of aromatic amines is 1. The molecule has 2 aromatic carbocycles. The van der Waals surface area contributed by atoms with Gasteiger partial charge in [0.1, 0.15) is 6.04 Å². The van der Waals surface area contributed by atoms with Gasteiger partial charge < -0.3 is 9.88 Å². The summed E-state index contributed by atoms with van der Waals surface area (Å²) in [5.41, 5.74) is 6.20. The summed E-state index contributed by atoms with van der Waals surface area (Å²) in [5, 5.41) is 14.1. The lowest BCUT2D eigenvalue weighted by Crippen LogP contribution is -2.39. The summed E-state index contributed by atoms with van der Waals surface area (Å²) >= 11 is 0. The Bertz CT molecular complexity index is 1430. The van der Waals surface area contributed by atoms with Crippen molar-refractivity contribution in [2.24, 2.45) is 0 Å². The fourth-order valence-corrected chi connectivity index (χ4v) is 6.09. The summed E-state index contributed by atoms with van der Waals surface area (Å²) in [4.78, 5) is 19.2. The second-order valence-electron chi connectivity index (χ2n) is 10.0.